The minimum atomic E-state index is 0.948. The molecule has 0 radical (unpaired) electrons. The molecule has 0 fully saturated rings. The van der Waals surface area contributed by atoms with Gasteiger partial charge in [0.1, 0.15) is 5.82 Å². The average molecular weight is 182 g/mol. The fourth-order valence-corrected chi connectivity index (χ4v) is 1.54. The van der Waals surface area contributed by atoms with E-state index in [-0.39, 0.29) is 0 Å². The largest absolute Gasteiger partial charge is 0.373 e. The fourth-order valence-electron chi connectivity index (χ4n) is 0.921. The van der Waals surface area contributed by atoms with Gasteiger partial charge in [-0.05, 0) is 23.4 Å². The SMILES string of the molecule is CCSCc1ccnc(NC)c1. The molecule has 0 unspecified atom stereocenters. The first kappa shape index (κ1) is 9.39. The molecule has 0 aliphatic heterocycles. The van der Waals surface area contributed by atoms with E-state index in [1.807, 2.05) is 25.0 Å². The van der Waals surface area contributed by atoms with Crippen LogP contribution in [0.5, 0.6) is 0 Å². The Bertz CT molecular complexity index is 238. The Morgan fingerprint density at radius 1 is 1.58 bits per heavy atom. The number of hydrogen-bond acceptors (Lipinski definition) is 3. The Morgan fingerprint density at radius 3 is 3.08 bits per heavy atom. The van der Waals surface area contributed by atoms with Crippen molar-refractivity contribution in [1.82, 2.24) is 4.98 Å². The van der Waals surface area contributed by atoms with Gasteiger partial charge in [-0.25, -0.2) is 4.98 Å². The van der Waals surface area contributed by atoms with Crippen LogP contribution in [0.2, 0.25) is 0 Å². The number of anilines is 1. The molecule has 1 heterocycles. The van der Waals surface area contributed by atoms with Crippen LogP contribution in [0.15, 0.2) is 18.3 Å². The molecule has 66 valence electrons. The first-order valence-corrected chi connectivity index (χ1v) is 5.22. The van der Waals surface area contributed by atoms with Gasteiger partial charge < -0.3 is 5.32 Å². The van der Waals surface area contributed by atoms with Gasteiger partial charge in [0.05, 0.1) is 0 Å². The van der Waals surface area contributed by atoms with Crippen molar-refractivity contribution < 1.29 is 0 Å². The Kier molecular flexibility index (Phi) is 3.94. The summed E-state index contributed by atoms with van der Waals surface area (Å²) in [4.78, 5) is 4.15. The van der Waals surface area contributed by atoms with Crippen LogP contribution in [0.3, 0.4) is 0 Å². The highest BCUT2D eigenvalue weighted by atomic mass is 32.2. The van der Waals surface area contributed by atoms with Crippen LogP contribution in [0, 0.1) is 0 Å². The molecule has 0 aliphatic rings. The molecule has 0 bridgehead atoms. The number of aromatic nitrogens is 1. The average Bonchev–Trinajstić information content (AvgIpc) is 2.15. The lowest BCUT2D eigenvalue weighted by Gasteiger charge is -2.02. The molecule has 12 heavy (non-hydrogen) atoms. The van der Waals surface area contributed by atoms with E-state index in [9.17, 15) is 0 Å². The zero-order chi connectivity index (χ0) is 8.81. The Labute approximate surface area is 77.8 Å². The van der Waals surface area contributed by atoms with E-state index >= 15 is 0 Å². The number of hydrogen-bond donors (Lipinski definition) is 1. The molecule has 1 rings (SSSR count). The van der Waals surface area contributed by atoms with Gasteiger partial charge in [0, 0.05) is 19.0 Å². The maximum absolute atomic E-state index is 4.15. The van der Waals surface area contributed by atoms with E-state index in [1.165, 1.54) is 5.56 Å². The minimum Gasteiger partial charge on any atom is -0.373 e. The van der Waals surface area contributed by atoms with Gasteiger partial charge in [0.2, 0.25) is 0 Å². The lowest BCUT2D eigenvalue weighted by molar-refractivity contribution is 1.24. The molecule has 0 aromatic carbocycles. The highest BCUT2D eigenvalue weighted by Gasteiger charge is 1.94. The van der Waals surface area contributed by atoms with Gasteiger partial charge in [0.25, 0.3) is 0 Å². The third-order valence-corrected chi connectivity index (χ3v) is 2.50. The number of rotatable bonds is 4. The third kappa shape index (κ3) is 2.74. The molecule has 1 aromatic rings. The summed E-state index contributed by atoms with van der Waals surface area (Å²) in [7, 11) is 1.89. The van der Waals surface area contributed by atoms with Crippen molar-refractivity contribution >= 4 is 17.6 Å². The van der Waals surface area contributed by atoms with Crippen molar-refractivity contribution in [3.05, 3.63) is 23.9 Å². The molecule has 0 spiro atoms. The molecule has 0 saturated heterocycles. The predicted octanol–water partition coefficient (Wildman–Crippen LogP) is 2.38. The standard InChI is InChI=1S/C9H14N2S/c1-3-12-7-8-4-5-11-9(6-8)10-2/h4-6H,3,7H2,1-2H3,(H,10,11). The van der Waals surface area contributed by atoms with Crippen molar-refractivity contribution in [2.75, 3.05) is 18.1 Å². The van der Waals surface area contributed by atoms with E-state index in [0.29, 0.717) is 0 Å². The lowest BCUT2D eigenvalue weighted by Crippen LogP contribution is -1.92. The number of nitrogens with zero attached hydrogens (tertiary/aromatic N) is 1. The first-order valence-electron chi connectivity index (χ1n) is 4.07. The quantitative estimate of drug-likeness (QED) is 0.774. The number of nitrogens with one attached hydrogen (secondary N) is 1. The molecule has 1 N–H and O–H groups in total. The summed E-state index contributed by atoms with van der Waals surface area (Å²) in [5, 5.41) is 3.02. The molecule has 0 amide bonds. The molecule has 0 aliphatic carbocycles. The van der Waals surface area contributed by atoms with Crippen molar-refractivity contribution in [2.24, 2.45) is 0 Å². The molecular formula is C9H14N2S. The summed E-state index contributed by atoms with van der Waals surface area (Å²) in [6.45, 7) is 2.17. The summed E-state index contributed by atoms with van der Waals surface area (Å²) >= 11 is 1.92. The van der Waals surface area contributed by atoms with Gasteiger partial charge in [-0.3, -0.25) is 0 Å². The fraction of sp³-hybridized carbons (Fsp3) is 0.444. The van der Waals surface area contributed by atoms with E-state index in [1.54, 1.807) is 0 Å². The molecule has 3 heteroatoms. The number of pyridine rings is 1. The second kappa shape index (κ2) is 5.04. The normalized spacial score (nSPS) is 9.83. The highest BCUT2D eigenvalue weighted by molar-refractivity contribution is 7.98. The van der Waals surface area contributed by atoms with Crippen molar-refractivity contribution in [2.45, 2.75) is 12.7 Å². The van der Waals surface area contributed by atoms with Gasteiger partial charge >= 0.3 is 0 Å². The molecule has 2 nitrogen and oxygen atoms in total. The summed E-state index contributed by atoms with van der Waals surface area (Å²) in [5.41, 5.74) is 1.33. The maximum atomic E-state index is 4.15. The Morgan fingerprint density at radius 2 is 2.42 bits per heavy atom. The minimum absolute atomic E-state index is 0.948. The van der Waals surface area contributed by atoms with Crippen LogP contribution in [-0.4, -0.2) is 17.8 Å². The molecule has 1 aromatic heterocycles. The van der Waals surface area contributed by atoms with Crippen LogP contribution in [0.4, 0.5) is 5.82 Å². The van der Waals surface area contributed by atoms with Crippen LogP contribution in [0.25, 0.3) is 0 Å². The van der Waals surface area contributed by atoms with E-state index in [0.717, 1.165) is 17.3 Å². The molecule has 0 saturated carbocycles. The molecule has 0 atom stereocenters. The van der Waals surface area contributed by atoms with Crippen molar-refractivity contribution in [1.29, 1.82) is 0 Å². The van der Waals surface area contributed by atoms with Crippen LogP contribution >= 0.6 is 11.8 Å². The summed E-state index contributed by atoms with van der Waals surface area (Å²) in [5.74, 6) is 3.19. The zero-order valence-electron chi connectivity index (χ0n) is 7.50. The van der Waals surface area contributed by atoms with Crippen LogP contribution < -0.4 is 5.32 Å². The second-order valence-corrected chi connectivity index (χ2v) is 3.71. The van der Waals surface area contributed by atoms with Crippen LogP contribution in [-0.2, 0) is 5.75 Å². The van der Waals surface area contributed by atoms with E-state index < -0.39 is 0 Å². The summed E-state index contributed by atoms with van der Waals surface area (Å²) in [6, 6.07) is 4.14. The van der Waals surface area contributed by atoms with E-state index in [2.05, 4.69) is 29.4 Å². The van der Waals surface area contributed by atoms with Crippen molar-refractivity contribution in [3.8, 4) is 0 Å². The van der Waals surface area contributed by atoms with Gasteiger partial charge in [-0.15, -0.1) is 0 Å². The lowest BCUT2D eigenvalue weighted by atomic mass is 10.3. The summed E-state index contributed by atoms with van der Waals surface area (Å²) < 4.78 is 0. The number of thioether (sulfide) groups is 1. The Hall–Kier alpha value is -0.700. The smallest absolute Gasteiger partial charge is 0.125 e. The topological polar surface area (TPSA) is 24.9 Å². The Balaban J connectivity index is 2.60. The molecular weight excluding hydrogens is 168 g/mol. The third-order valence-electron chi connectivity index (χ3n) is 1.55. The van der Waals surface area contributed by atoms with Gasteiger partial charge in [0.15, 0.2) is 0 Å². The van der Waals surface area contributed by atoms with Gasteiger partial charge in [-0.1, -0.05) is 6.92 Å². The predicted molar refractivity (Wildman–Crippen MR) is 55.6 cm³/mol. The maximum Gasteiger partial charge on any atom is 0.125 e. The van der Waals surface area contributed by atoms with Crippen molar-refractivity contribution in [3.63, 3.8) is 0 Å². The second-order valence-electron chi connectivity index (χ2n) is 2.44. The zero-order valence-corrected chi connectivity index (χ0v) is 8.32. The van der Waals surface area contributed by atoms with Crippen LogP contribution in [0.1, 0.15) is 12.5 Å². The van der Waals surface area contributed by atoms with E-state index in [4.69, 9.17) is 0 Å². The highest BCUT2D eigenvalue weighted by Crippen LogP contribution is 2.13. The first-order chi connectivity index (χ1) is 5.86. The summed E-state index contributed by atoms with van der Waals surface area (Å²) in [6.07, 6.45) is 1.84. The monoisotopic (exact) mass is 182 g/mol. The van der Waals surface area contributed by atoms with Gasteiger partial charge in [-0.2, -0.15) is 11.8 Å².